The first-order valence-corrected chi connectivity index (χ1v) is 8.28. The maximum absolute atomic E-state index is 12.5. The summed E-state index contributed by atoms with van der Waals surface area (Å²) in [7, 11) is 3.40. The smallest absolute Gasteiger partial charge is 0.255 e. The lowest BCUT2D eigenvalue weighted by atomic mass is 9.71. The molecule has 1 aromatic carbocycles. The number of halogens is 1. The molecule has 1 saturated carbocycles. The Morgan fingerprint density at radius 3 is 2.38 bits per heavy atom. The number of carbonyl (C=O) groups excluding carboxylic acids is 2. The molecule has 0 unspecified atom stereocenters. The van der Waals surface area contributed by atoms with Crippen molar-refractivity contribution in [3.8, 4) is 0 Å². The van der Waals surface area contributed by atoms with Crippen LogP contribution >= 0.6 is 12.4 Å². The fourth-order valence-electron chi connectivity index (χ4n) is 3.31. The van der Waals surface area contributed by atoms with Crippen molar-refractivity contribution >= 4 is 29.9 Å². The van der Waals surface area contributed by atoms with Crippen molar-refractivity contribution in [1.82, 2.24) is 4.90 Å². The number of anilines is 1. The molecule has 0 radical (unpaired) electrons. The van der Waals surface area contributed by atoms with E-state index >= 15 is 0 Å². The molecule has 1 fully saturated rings. The van der Waals surface area contributed by atoms with Crippen molar-refractivity contribution in [2.24, 2.45) is 11.1 Å². The monoisotopic (exact) mass is 353 g/mol. The third kappa shape index (κ3) is 4.95. The molecule has 1 aromatic rings. The molecule has 0 saturated heterocycles. The third-order valence-corrected chi connectivity index (χ3v) is 4.72. The Hall–Kier alpha value is -1.59. The maximum Gasteiger partial charge on any atom is 0.255 e. The quantitative estimate of drug-likeness (QED) is 0.854. The minimum Gasteiger partial charge on any atom is -0.345 e. The molecule has 1 aliphatic carbocycles. The number of benzene rings is 1. The highest BCUT2D eigenvalue weighted by Gasteiger charge is 2.33. The van der Waals surface area contributed by atoms with E-state index in [9.17, 15) is 9.59 Å². The van der Waals surface area contributed by atoms with Crippen molar-refractivity contribution in [3.63, 3.8) is 0 Å². The molecule has 0 bridgehead atoms. The number of nitrogens with zero attached hydrogens (tertiary/aromatic N) is 1. The lowest BCUT2D eigenvalue weighted by Gasteiger charge is -2.35. The lowest BCUT2D eigenvalue weighted by Crippen LogP contribution is -2.36. The van der Waals surface area contributed by atoms with Gasteiger partial charge in [-0.1, -0.05) is 31.4 Å². The summed E-state index contributed by atoms with van der Waals surface area (Å²) >= 11 is 0. The van der Waals surface area contributed by atoms with E-state index in [1.165, 1.54) is 11.3 Å². The lowest BCUT2D eigenvalue weighted by molar-refractivity contribution is -0.118. The van der Waals surface area contributed by atoms with Gasteiger partial charge < -0.3 is 16.0 Å². The first-order valence-electron chi connectivity index (χ1n) is 8.28. The van der Waals surface area contributed by atoms with Crippen LogP contribution in [-0.4, -0.2) is 37.4 Å². The van der Waals surface area contributed by atoms with Gasteiger partial charge in [0.15, 0.2) is 0 Å². The summed E-state index contributed by atoms with van der Waals surface area (Å²) in [5.74, 6) is -0.177. The van der Waals surface area contributed by atoms with Crippen molar-refractivity contribution in [2.75, 3.05) is 26.0 Å². The predicted molar refractivity (Wildman–Crippen MR) is 99.5 cm³/mol. The van der Waals surface area contributed by atoms with Crippen LogP contribution in [-0.2, 0) is 4.79 Å². The molecule has 6 heteroatoms. The number of nitrogens with two attached hydrogens (primary N) is 1. The third-order valence-electron chi connectivity index (χ3n) is 4.72. The molecule has 134 valence electrons. The predicted octanol–water partition coefficient (Wildman–Crippen LogP) is 3.05. The van der Waals surface area contributed by atoms with Crippen LogP contribution in [0.25, 0.3) is 0 Å². The van der Waals surface area contributed by atoms with Crippen molar-refractivity contribution in [2.45, 2.75) is 38.5 Å². The fourth-order valence-corrected chi connectivity index (χ4v) is 3.31. The average Bonchev–Trinajstić information content (AvgIpc) is 2.55. The summed E-state index contributed by atoms with van der Waals surface area (Å²) in [6.07, 6.45) is 5.95. The Kier molecular flexibility index (Phi) is 7.70. The van der Waals surface area contributed by atoms with Crippen LogP contribution in [0.3, 0.4) is 0 Å². The maximum atomic E-state index is 12.5. The molecule has 24 heavy (non-hydrogen) atoms. The Labute approximate surface area is 150 Å². The van der Waals surface area contributed by atoms with Gasteiger partial charge in [-0.3, -0.25) is 9.59 Å². The Morgan fingerprint density at radius 2 is 1.79 bits per heavy atom. The molecule has 0 atom stereocenters. The van der Waals surface area contributed by atoms with E-state index in [4.69, 9.17) is 5.73 Å². The largest absolute Gasteiger partial charge is 0.345 e. The standard InChI is InChI=1S/C18H27N3O2.ClH/c1-21(2)17(23)14-8-4-5-9-15(14)20-16(22)12-18(13-19)10-6-3-7-11-18;/h4-5,8-9H,3,6-7,10-13,19H2,1-2H3,(H,20,22);1H. The number of rotatable bonds is 5. The first-order chi connectivity index (χ1) is 11.0. The Morgan fingerprint density at radius 1 is 1.17 bits per heavy atom. The van der Waals surface area contributed by atoms with Crippen LogP contribution < -0.4 is 11.1 Å². The fraction of sp³-hybridized carbons (Fsp3) is 0.556. The van der Waals surface area contributed by atoms with Crippen LogP contribution in [0, 0.1) is 5.41 Å². The molecular weight excluding hydrogens is 326 g/mol. The second-order valence-electron chi connectivity index (χ2n) is 6.73. The van der Waals surface area contributed by atoms with Crippen LogP contribution in [0.5, 0.6) is 0 Å². The minimum atomic E-state index is -0.118. The van der Waals surface area contributed by atoms with Crippen LogP contribution in [0.2, 0.25) is 0 Å². The van der Waals surface area contributed by atoms with Gasteiger partial charge in [-0.15, -0.1) is 12.4 Å². The SMILES string of the molecule is CN(C)C(=O)c1ccccc1NC(=O)CC1(CN)CCCCC1.Cl. The van der Waals surface area contributed by atoms with E-state index < -0.39 is 0 Å². The summed E-state index contributed by atoms with van der Waals surface area (Å²) in [5, 5.41) is 2.91. The topological polar surface area (TPSA) is 75.4 Å². The highest BCUT2D eigenvalue weighted by atomic mass is 35.5. The molecule has 0 aromatic heterocycles. The number of carbonyl (C=O) groups is 2. The summed E-state index contributed by atoms with van der Waals surface area (Å²) in [4.78, 5) is 26.2. The summed E-state index contributed by atoms with van der Waals surface area (Å²) in [5.41, 5.74) is 6.96. The van der Waals surface area contributed by atoms with E-state index in [1.807, 2.05) is 6.07 Å². The molecule has 2 amide bonds. The second-order valence-corrected chi connectivity index (χ2v) is 6.73. The van der Waals surface area contributed by atoms with E-state index in [-0.39, 0.29) is 29.6 Å². The van der Waals surface area contributed by atoms with E-state index in [1.54, 1.807) is 32.3 Å². The summed E-state index contributed by atoms with van der Waals surface area (Å²) in [6, 6.07) is 7.12. The zero-order valence-electron chi connectivity index (χ0n) is 14.5. The van der Waals surface area contributed by atoms with Gasteiger partial charge in [0.05, 0.1) is 11.3 Å². The van der Waals surface area contributed by atoms with Gasteiger partial charge in [0, 0.05) is 20.5 Å². The van der Waals surface area contributed by atoms with Gasteiger partial charge in [-0.2, -0.15) is 0 Å². The van der Waals surface area contributed by atoms with E-state index in [2.05, 4.69) is 5.32 Å². The number of nitrogens with one attached hydrogen (secondary N) is 1. The van der Waals surface area contributed by atoms with Crippen LogP contribution in [0.4, 0.5) is 5.69 Å². The summed E-state index contributed by atoms with van der Waals surface area (Å²) in [6.45, 7) is 0.540. The molecular formula is C18H28ClN3O2. The first kappa shape index (κ1) is 20.5. The summed E-state index contributed by atoms with van der Waals surface area (Å²) < 4.78 is 0. The molecule has 0 heterocycles. The zero-order valence-corrected chi connectivity index (χ0v) is 15.3. The minimum absolute atomic E-state index is 0. The van der Waals surface area contributed by atoms with Gasteiger partial charge in [0.1, 0.15) is 0 Å². The van der Waals surface area contributed by atoms with Crippen LogP contribution in [0.15, 0.2) is 24.3 Å². The second kappa shape index (κ2) is 9.04. The average molecular weight is 354 g/mol. The molecule has 5 nitrogen and oxygen atoms in total. The zero-order chi connectivity index (χ0) is 16.9. The van der Waals surface area contributed by atoms with Crippen molar-refractivity contribution in [1.29, 1.82) is 0 Å². The number of para-hydroxylation sites is 1. The molecule has 2 rings (SSSR count). The van der Waals surface area contributed by atoms with Gasteiger partial charge in [0.2, 0.25) is 5.91 Å². The van der Waals surface area contributed by atoms with E-state index in [0.29, 0.717) is 24.2 Å². The Balaban J connectivity index is 0.00000288. The van der Waals surface area contributed by atoms with Crippen molar-refractivity contribution in [3.05, 3.63) is 29.8 Å². The van der Waals surface area contributed by atoms with Gasteiger partial charge >= 0.3 is 0 Å². The molecule has 1 aliphatic rings. The van der Waals surface area contributed by atoms with Crippen LogP contribution in [0.1, 0.15) is 48.9 Å². The van der Waals surface area contributed by atoms with Gasteiger partial charge in [-0.25, -0.2) is 0 Å². The normalized spacial score (nSPS) is 16.0. The highest BCUT2D eigenvalue weighted by molar-refractivity contribution is 6.03. The molecule has 0 spiro atoms. The van der Waals surface area contributed by atoms with Gasteiger partial charge in [0.25, 0.3) is 5.91 Å². The molecule has 3 N–H and O–H groups in total. The Bertz CT molecular complexity index is 569. The number of amides is 2. The number of hydrogen-bond donors (Lipinski definition) is 2. The number of hydrogen-bond acceptors (Lipinski definition) is 3. The van der Waals surface area contributed by atoms with Gasteiger partial charge in [-0.05, 0) is 36.9 Å². The van der Waals surface area contributed by atoms with Crippen molar-refractivity contribution < 1.29 is 9.59 Å². The highest BCUT2D eigenvalue weighted by Crippen LogP contribution is 2.38. The molecule has 0 aliphatic heterocycles. The van der Waals surface area contributed by atoms with E-state index in [0.717, 1.165) is 25.7 Å².